The van der Waals surface area contributed by atoms with Crippen molar-refractivity contribution in [1.82, 2.24) is 0 Å². The summed E-state index contributed by atoms with van der Waals surface area (Å²) in [4.78, 5) is 4.07. The highest BCUT2D eigenvalue weighted by molar-refractivity contribution is 5.86. The highest BCUT2D eigenvalue weighted by atomic mass is 16.5. The third-order valence-electron chi connectivity index (χ3n) is 2.14. The second kappa shape index (κ2) is 5.30. The van der Waals surface area contributed by atoms with E-state index in [0.29, 0.717) is 23.6 Å². The molecular weight excluding hydrogens is 204 g/mol. The highest BCUT2D eigenvalue weighted by Crippen LogP contribution is 2.27. The van der Waals surface area contributed by atoms with Crippen LogP contribution in [-0.2, 0) is 0 Å². The average molecular weight is 220 g/mol. The molecule has 4 nitrogen and oxygen atoms in total. The molecule has 16 heavy (non-hydrogen) atoms. The Hall–Kier alpha value is -1.84. The van der Waals surface area contributed by atoms with Gasteiger partial charge in [0.2, 0.25) is 0 Å². The van der Waals surface area contributed by atoms with Crippen molar-refractivity contribution >= 4 is 11.9 Å². The molecule has 0 radical (unpaired) electrons. The number of hydrogen-bond donors (Lipinski definition) is 2. The average Bonchev–Trinajstić information content (AvgIpc) is 2.22. The van der Waals surface area contributed by atoms with Crippen molar-refractivity contribution in [2.75, 3.05) is 13.7 Å². The van der Waals surface area contributed by atoms with Gasteiger partial charge in [-0.2, -0.15) is 0 Å². The van der Waals surface area contributed by atoms with Crippen LogP contribution in [0.15, 0.2) is 17.1 Å². The summed E-state index contributed by atoms with van der Waals surface area (Å²) >= 11 is 0. The van der Waals surface area contributed by atoms with Gasteiger partial charge >= 0.3 is 0 Å². The van der Waals surface area contributed by atoms with Gasteiger partial charge in [0.1, 0.15) is 11.5 Å². The van der Waals surface area contributed by atoms with E-state index in [4.69, 9.17) is 10.1 Å². The van der Waals surface area contributed by atoms with E-state index in [1.165, 1.54) is 0 Å². The molecule has 1 rings (SSSR count). The fourth-order valence-corrected chi connectivity index (χ4v) is 1.27. The number of methoxy groups -OCH3 is 1. The summed E-state index contributed by atoms with van der Waals surface area (Å²) < 4.78 is 5.13. The third kappa shape index (κ3) is 3.08. The van der Waals surface area contributed by atoms with Gasteiger partial charge in [-0.05, 0) is 31.5 Å². The first kappa shape index (κ1) is 12.2. The molecule has 2 N–H and O–H groups in total. The van der Waals surface area contributed by atoms with Crippen LogP contribution in [0.1, 0.15) is 18.1 Å². The Bertz CT molecular complexity index is 425. The summed E-state index contributed by atoms with van der Waals surface area (Å²) in [5.74, 6) is 0.820. The van der Waals surface area contributed by atoms with Crippen molar-refractivity contribution < 1.29 is 9.84 Å². The van der Waals surface area contributed by atoms with Crippen LogP contribution in [0.2, 0.25) is 0 Å². The van der Waals surface area contributed by atoms with Crippen LogP contribution in [0, 0.1) is 12.3 Å². The molecule has 0 aliphatic carbocycles. The van der Waals surface area contributed by atoms with Crippen LogP contribution >= 0.6 is 0 Å². The Kier molecular flexibility index (Phi) is 4.05. The Morgan fingerprint density at radius 2 is 2.25 bits per heavy atom. The SMILES string of the molecule is COc1cc(C=NCC(C)=N)cc(O)c1C. The minimum Gasteiger partial charge on any atom is -0.508 e. The minimum atomic E-state index is 0.187. The maximum atomic E-state index is 9.64. The van der Waals surface area contributed by atoms with Crippen LogP contribution in [0.5, 0.6) is 11.5 Å². The standard InChI is InChI=1S/C12H16N2O2/c1-8(13)6-14-7-10-4-11(15)9(2)12(5-10)16-3/h4-5,7,13,15H,6H2,1-3H3. The zero-order chi connectivity index (χ0) is 12.1. The Balaban J connectivity index is 2.93. The molecule has 0 unspecified atom stereocenters. The Labute approximate surface area is 95.1 Å². The molecule has 0 bridgehead atoms. The molecule has 0 spiro atoms. The summed E-state index contributed by atoms with van der Waals surface area (Å²) in [5.41, 5.74) is 1.98. The van der Waals surface area contributed by atoms with E-state index in [1.807, 2.05) is 0 Å². The van der Waals surface area contributed by atoms with E-state index in [9.17, 15) is 5.11 Å². The van der Waals surface area contributed by atoms with Crippen molar-refractivity contribution in [1.29, 1.82) is 5.41 Å². The summed E-state index contributed by atoms with van der Waals surface area (Å²) in [6.45, 7) is 3.86. The summed E-state index contributed by atoms with van der Waals surface area (Å²) in [6.07, 6.45) is 1.62. The molecule has 1 aromatic carbocycles. The van der Waals surface area contributed by atoms with E-state index in [2.05, 4.69) is 4.99 Å². The molecule has 0 amide bonds. The second-order valence-corrected chi connectivity index (χ2v) is 3.62. The normalized spacial score (nSPS) is 10.7. The second-order valence-electron chi connectivity index (χ2n) is 3.62. The van der Waals surface area contributed by atoms with Gasteiger partial charge in [-0.25, -0.2) is 0 Å². The van der Waals surface area contributed by atoms with Gasteiger partial charge in [0.05, 0.1) is 13.7 Å². The maximum absolute atomic E-state index is 9.64. The molecule has 0 aliphatic rings. The Morgan fingerprint density at radius 1 is 1.56 bits per heavy atom. The zero-order valence-electron chi connectivity index (χ0n) is 9.74. The van der Waals surface area contributed by atoms with Gasteiger partial charge < -0.3 is 15.3 Å². The molecule has 0 fully saturated rings. The van der Waals surface area contributed by atoms with Gasteiger partial charge in [-0.15, -0.1) is 0 Å². The van der Waals surface area contributed by atoms with Crippen LogP contribution in [0.4, 0.5) is 0 Å². The van der Waals surface area contributed by atoms with Gasteiger partial charge in [-0.3, -0.25) is 4.99 Å². The van der Waals surface area contributed by atoms with E-state index < -0.39 is 0 Å². The lowest BCUT2D eigenvalue weighted by atomic mass is 10.1. The van der Waals surface area contributed by atoms with Crippen molar-refractivity contribution in [3.05, 3.63) is 23.3 Å². The van der Waals surface area contributed by atoms with E-state index in [-0.39, 0.29) is 5.75 Å². The quantitative estimate of drug-likeness (QED) is 0.764. The molecule has 0 aliphatic heterocycles. The third-order valence-corrected chi connectivity index (χ3v) is 2.14. The first-order valence-electron chi connectivity index (χ1n) is 4.96. The maximum Gasteiger partial charge on any atom is 0.126 e. The van der Waals surface area contributed by atoms with Crippen molar-refractivity contribution in [3.8, 4) is 11.5 Å². The number of phenolic OH excluding ortho intramolecular Hbond substituents is 1. The van der Waals surface area contributed by atoms with E-state index >= 15 is 0 Å². The van der Waals surface area contributed by atoms with Crippen LogP contribution in [0.25, 0.3) is 0 Å². The summed E-state index contributed by atoms with van der Waals surface area (Å²) in [7, 11) is 1.56. The van der Waals surface area contributed by atoms with Gasteiger partial charge in [0.15, 0.2) is 0 Å². The van der Waals surface area contributed by atoms with Gasteiger partial charge in [-0.1, -0.05) is 0 Å². The molecule has 1 aromatic rings. The van der Waals surface area contributed by atoms with Crippen molar-refractivity contribution in [2.45, 2.75) is 13.8 Å². The molecule has 0 saturated carbocycles. The number of benzene rings is 1. The first-order chi connectivity index (χ1) is 7.54. The number of phenols is 1. The largest absolute Gasteiger partial charge is 0.508 e. The topological polar surface area (TPSA) is 65.7 Å². The lowest BCUT2D eigenvalue weighted by molar-refractivity contribution is 0.402. The smallest absolute Gasteiger partial charge is 0.126 e. The predicted octanol–water partition coefficient (Wildman–Crippen LogP) is 2.17. The molecule has 0 heterocycles. The number of ether oxygens (including phenoxy) is 1. The number of aliphatic imine (C=N–C) groups is 1. The Morgan fingerprint density at radius 3 is 2.81 bits per heavy atom. The fraction of sp³-hybridized carbons (Fsp3) is 0.333. The van der Waals surface area contributed by atoms with Crippen molar-refractivity contribution in [2.24, 2.45) is 4.99 Å². The molecule has 86 valence electrons. The summed E-state index contributed by atoms with van der Waals surface area (Å²) in [5, 5.41) is 16.9. The van der Waals surface area contributed by atoms with Gasteiger partial charge in [0, 0.05) is 17.5 Å². The van der Waals surface area contributed by atoms with Crippen LogP contribution in [0.3, 0.4) is 0 Å². The fourth-order valence-electron chi connectivity index (χ4n) is 1.27. The van der Waals surface area contributed by atoms with E-state index in [1.54, 1.807) is 39.3 Å². The molecular formula is C12H16N2O2. The summed E-state index contributed by atoms with van der Waals surface area (Å²) in [6, 6.07) is 3.43. The molecule has 4 heteroatoms. The zero-order valence-corrected chi connectivity index (χ0v) is 9.74. The number of hydrogen-bond acceptors (Lipinski definition) is 4. The highest BCUT2D eigenvalue weighted by Gasteiger charge is 2.05. The molecule has 0 aromatic heterocycles. The first-order valence-corrected chi connectivity index (χ1v) is 4.96. The number of nitrogens with one attached hydrogen (secondary N) is 1. The molecule has 0 saturated heterocycles. The lowest BCUT2D eigenvalue weighted by Gasteiger charge is -2.07. The van der Waals surface area contributed by atoms with E-state index in [0.717, 1.165) is 5.56 Å². The van der Waals surface area contributed by atoms with Crippen molar-refractivity contribution in [3.63, 3.8) is 0 Å². The number of rotatable bonds is 4. The van der Waals surface area contributed by atoms with Crippen LogP contribution < -0.4 is 4.74 Å². The van der Waals surface area contributed by atoms with Gasteiger partial charge in [0.25, 0.3) is 0 Å². The minimum absolute atomic E-state index is 0.187. The molecule has 0 atom stereocenters. The van der Waals surface area contributed by atoms with Crippen LogP contribution in [-0.4, -0.2) is 30.7 Å². The monoisotopic (exact) mass is 220 g/mol. The predicted molar refractivity (Wildman–Crippen MR) is 65.3 cm³/mol. The number of nitrogens with zero attached hydrogens (tertiary/aromatic N) is 1. The number of aromatic hydroxyl groups is 1. The lowest BCUT2D eigenvalue weighted by Crippen LogP contribution is -1.95.